The molecule has 0 amide bonds. The van der Waals surface area contributed by atoms with E-state index in [1.54, 1.807) is 6.20 Å². The Bertz CT molecular complexity index is 2420. The molecule has 0 saturated heterocycles. The van der Waals surface area contributed by atoms with Crippen LogP contribution >= 0.6 is 0 Å². The van der Waals surface area contributed by atoms with E-state index in [4.69, 9.17) is 9.72 Å². The molecule has 51 heavy (non-hydrogen) atoms. The van der Waals surface area contributed by atoms with Crippen molar-refractivity contribution in [2.45, 2.75) is 0 Å². The lowest BCUT2D eigenvalue weighted by molar-refractivity contribution is 0.464. The summed E-state index contributed by atoms with van der Waals surface area (Å²) < 4.78 is 6.38. The maximum atomic E-state index is 6.38. The van der Waals surface area contributed by atoms with Crippen LogP contribution in [0.15, 0.2) is 200 Å². The summed E-state index contributed by atoms with van der Waals surface area (Å²) in [5.41, 5.74) is 7.30. The summed E-state index contributed by atoms with van der Waals surface area (Å²) in [4.78, 5) is 12.0. The Hall–Kier alpha value is -6.56. The van der Waals surface area contributed by atoms with Crippen molar-refractivity contribution < 1.29 is 4.74 Å². The van der Waals surface area contributed by atoms with Gasteiger partial charge in [0.15, 0.2) is 8.07 Å². The summed E-state index contributed by atoms with van der Waals surface area (Å²) in [7, 11) is -2.83. The van der Waals surface area contributed by atoms with Gasteiger partial charge in [-0.25, -0.2) is 4.98 Å². The van der Waals surface area contributed by atoms with Crippen molar-refractivity contribution in [2.75, 3.05) is 4.90 Å². The Morgan fingerprint density at radius 1 is 0.451 bits per heavy atom. The van der Waals surface area contributed by atoms with Crippen molar-refractivity contribution in [2.24, 2.45) is 0 Å². The van der Waals surface area contributed by atoms with Gasteiger partial charge in [-0.3, -0.25) is 4.98 Å². The van der Waals surface area contributed by atoms with Crippen LogP contribution in [-0.4, -0.2) is 18.0 Å². The van der Waals surface area contributed by atoms with Gasteiger partial charge in [0.2, 0.25) is 5.88 Å². The molecule has 0 aliphatic carbocycles. The summed E-state index contributed by atoms with van der Waals surface area (Å²) in [6.07, 6.45) is 1.80. The second-order valence-corrected chi connectivity index (χ2v) is 16.3. The van der Waals surface area contributed by atoms with Gasteiger partial charge in [0.25, 0.3) is 0 Å². The Labute approximate surface area is 299 Å². The SMILES string of the molecule is c1ccc(N2c3ccccc3[Si](c3ccccc3)(c3ccccc3)c3cc(-c4cccc(Oc5cccc(-c6ccccn6)c5)n4)ccc32)cc1. The van der Waals surface area contributed by atoms with Crippen LogP contribution < -0.4 is 30.4 Å². The van der Waals surface area contributed by atoms with Gasteiger partial charge in [-0.05, 0) is 75.3 Å². The number of hydrogen-bond donors (Lipinski definition) is 0. The van der Waals surface area contributed by atoms with Gasteiger partial charge in [0.1, 0.15) is 5.75 Å². The lowest BCUT2D eigenvalue weighted by atomic mass is 10.1. The van der Waals surface area contributed by atoms with Crippen LogP contribution in [0.2, 0.25) is 0 Å². The largest absolute Gasteiger partial charge is 0.439 e. The minimum atomic E-state index is -2.83. The van der Waals surface area contributed by atoms with Crippen LogP contribution in [0.1, 0.15) is 0 Å². The smallest absolute Gasteiger partial charge is 0.219 e. The molecular weight excluding hydrogens is 639 g/mol. The first-order valence-corrected chi connectivity index (χ1v) is 19.2. The zero-order valence-corrected chi connectivity index (χ0v) is 28.8. The molecule has 0 bridgehead atoms. The van der Waals surface area contributed by atoms with E-state index >= 15 is 0 Å². The highest BCUT2D eigenvalue weighted by atomic mass is 28.3. The second kappa shape index (κ2) is 13.0. The molecule has 0 spiro atoms. The number of fused-ring (bicyclic) bond motifs is 2. The van der Waals surface area contributed by atoms with Crippen LogP contribution in [0.5, 0.6) is 11.6 Å². The predicted octanol–water partition coefficient (Wildman–Crippen LogP) is 8.76. The number of rotatable bonds is 7. The van der Waals surface area contributed by atoms with E-state index in [1.807, 2.05) is 54.6 Å². The molecule has 0 radical (unpaired) electrons. The Kier molecular flexibility index (Phi) is 7.80. The van der Waals surface area contributed by atoms with Crippen molar-refractivity contribution >= 4 is 45.9 Å². The summed E-state index contributed by atoms with van der Waals surface area (Å²) in [6.45, 7) is 0. The van der Waals surface area contributed by atoms with Gasteiger partial charge < -0.3 is 9.64 Å². The topological polar surface area (TPSA) is 38.2 Å². The Balaban J connectivity index is 1.23. The maximum Gasteiger partial charge on any atom is 0.219 e. The first-order chi connectivity index (χ1) is 25.3. The molecule has 1 aliphatic heterocycles. The quantitative estimate of drug-likeness (QED) is 0.159. The molecule has 0 saturated carbocycles. The number of anilines is 3. The number of aromatic nitrogens is 2. The number of benzene rings is 6. The summed E-state index contributed by atoms with van der Waals surface area (Å²) in [6, 6.07) is 68.6. The fourth-order valence-electron chi connectivity index (χ4n) is 7.48. The van der Waals surface area contributed by atoms with Crippen LogP contribution in [-0.2, 0) is 0 Å². The van der Waals surface area contributed by atoms with Crippen LogP contribution in [0.25, 0.3) is 22.5 Å². The standard InChI is InChI=1S/C46H33N3OSi/c1-4-17-36(18-5-1)49-42-26-10-11-27-44(42)51(38-20-6-2-7-21-38,39-22-8-3-9-23-39)45-33-35(29-30-43(45)49)41-25-15-28-46(48-41)50-37-19-14-16-34(32-37)40-24-12-13-31-47-40/h1-33H. The van der Waals surface area contributed by atoms with Crippen LogP contribution in [0.3, 0.4) is 0 Å². The third-order valence-electron chi connectivity index (χ3n) is 9.65. The zero-order valence-electron chi connectivity index (χ0n) is 27.8. The van der Waals surface area contributed by atoms with Gasteiger partial charge in [0, 0.05) is 40.5 Å². The lowest BCUT2D eigenvalue weighted by Crippen LogP contribution is -2.77. The number of nitrogens with zero attached hydrogens (tertiary/aromatic N) is 3. The number of para-hydroxylation sites is 2. The van der Waals surface area contributed by atoms with E-state index in [0.717, 1.165) is 28.2 Å². The Morgan fingerprint density at radius 2 is 1.08 bits per heavy atom. The molecule has 8 aromatic rings. The van der Waals surface area contributed by atoms with Crippen molar-refractivity contribution in [1.29, 1.82) is 0 Å². The van der Waals surface area contributed by atoms with E-state index in [-0.39, 0.29) is 0 Å². The molecule has 5 heteroatoms. The zero-order chi connectivity index (χ0) is 34.0. The molecule has 0 atom stereocenters. The molecule has 3 heterocycles. The maximum absolute atomic E-state index is 6.38. The fraction of sp³-hybridized carbons (Fsp3) is 0. The van der Waals surface area contributed by atoms with Crippen molar-refractivity contribution in [3.05, 3.63) is 200 Å². The minimum absolute atomic E-state index is 0.536. The van der Waals surface area contributed by atoms with Crippen LogP contribution in [0, 0.1) is 0 Å². The third kappa shape index (κ3) is 5.41. The van der Waals surface area contributed by atoms with Gasteiger partial charge in [0.05, 0.1) is 11.4 Å². The van der Waals surface area contributed by atoms with E-state index in [0.29, 0.717) is 11.6 Å². The van der Waals surface area contributed by atoms with E-state index in [1.165, 1.54) is 32.1 Å². The van der Waals surface area contributed by atoms with Gasteiger partial charge in [-0.2, -0.15) is 0 Å². The molecular formula is C46H33N3OSi. The van der Waals surface area contributed by atoms with Gasteiger partial charge >= 0.3 is 0 Å². The number of pyridine rings is 2. The molecule has 4 nitrogen and oxygen atoms in total. The van der Waals surface area contributed by atoms with Crippen LogP contribution in [0.4, 0.5) is 17.1 Å². The molecule has 1 aliphatic rings. The lowest BCUT2D eigenvalue weighted by Gasteiger charge is -2.45. The first-order valence-electron chi connectivity index (χ1n) is 17.2. The fourth-order valence-corrected chi connectivity index (χ4v) is 12.6. The highest BCUT2D eigenvalue weighted by Gasteiger charge is 2.48. The highest BCUT2D eigenvalue weighted by Crippen LogP contribution is 2.39. The molecule has 6 aromatic carbocycles. The molecule has 242 valence electrons. The van der Waals surface area contributed by atoms with E-state index in [2.05, 4.69) is 149 Å². The highest BCUT2D eigenvalue weighted by molar-refractivity contribution is 7.21. The van der Waals surface area contributed by atoms with E-state index in [9.17, 15) is 0 Å². The van der Waals surface area contributed by atoms with Crippen molar-refractivity contribution in [3.63, 3.8) is 0 Å². The number of hydrogen-bond acceptors (Lipinski definition) is 4. The molecule has 0 unspecified atom stereocenters. The average molecular weight is 672 g/mol. The summed E-state index contributed by atoms with van der Waals surface area (Å²) in [5, 5.41) is 5.35. The number of ether oxygens (including phenoxy) is 1. The minimum Gasteiger partial charge on any atom is -0.439 e. The first kappa shape index (κ1) is 30.5. The van der Waals surface area contributed by atoms with E-state index < -0.39 is 8.07 Å². The molecule has 2 aromatic heterocycles. The van der Waals surface area contributed by atoms with Crippen molar-refractivity contribution in [1.82, 2.24) is 9.97 Å². The summed E-state index contributed by atoms with van der Waals surface area (Å²) >= 11 is 0. The summed E-state index contributed by atoms with van der Waals surface area (Å²) in [5.74, 6) is 1.25. The normalized spacial score (nSPS) is 12.8. The van der Waals surface area contributed by atoms with Gasteiger partial charge in [-0.15, -0.1) is 0 Å². The molecule has 0 N–H and O–H groups in total. The molecule has 9 rings (SSSR count). The van der Waals surface area contributed by atoms with Crippen molar-refractivity contribution in [3.8, 4) is 34.1 Å². The monoisotopic (exact) mass is 671 g/mol. The average Bonchev–Trinajstić information content (AvgIpc) is 3.21. The predicted molar refractivity (Wildman–Crippen MR) is 211 cm³/mol. The Morgan fingerprint density at radius 3 is 1.82 bits per heavy atom. The third-order valence-corrected chi connectivity index (χ3v) is 14.5. The molecule has 0 fully saturated rings. The second-order valence-electron chi connectivity index (χ2n) is 12.6. The van der Waals surface area contributed by atoms with Gasteiger partial charge in [-0.1, -0.05) is 133 Å².